The Hall–Kier alpha value is -2.73. The van der Waals surface area contributed by atoms with Crippen molar-refractivity contribution in [3.05, 3.63) is 58.6 Å². The van der Waals surface area contributed by atoms with Crippen molar-refractivity contribution in [3.8, 4) is 5.75 Å². The molecule has 0 radical (unpaired) electrons. The molecule has 0 aliphatic heterocycles. The van der Waals surface area contributed by atoms with Crippen LogP contribution in [0.4, 0.5) is 5.69 Å². The van der Waals surface area contributed by atoms with Gasteiger partial charge in [0.15, 0.2) is 0 Å². The van der Waals surface area contributed by atoms with Gasteiger partial charge in [-0.3, -0.25) is 9.59 Å². The van der Waals surface area contributed by atoms with Crippen LogP contribution in [0.15, 0.2) is 42.5 Å². The van der Waals surface area contributed by atoms with Crippen molar-refractivity contribution in [2.45, 2.75) is 39.3 Å². The predicted octanol–water partition coefficient (Wildman–Crippen LogP) is 4.00. The molecule has 0 bridgehead atoms. The fraction of sp³-hybridized carbons (Fsp3) is 0.364. The van der Waals surface area contributed by atoms with Gasteiger partial charge in [0.1, 0.15) is 5.75 Å². The monoisotopic (exact) mass is 417 g/mol. The Kier molecular flexibility index (Phi) is 7.91. The number of anilines is 1. The second-order valence-electron chi connectivity index (χ2n) is 7.36. The van der Waals surface area contributed by atoms with Crippen molar-refractivity contribution in [3.63, 3.8) is 0 Å². The smallest absolute Gasteiger partial charge is 0.253 e. The van der Waals surface area contributed by atoms with E-state index in [0.29, 0.717) is 22.8 Å². The average Bonchev–Trinajstić information content (AvgIpc) is 2.70. The van der Waals surface area contributed by atoms with E-state index in [1.807, 2.05) is 45.0 Å². The highest BCUT2D eigenvalue weighted by Gasteiger charge is 2.20. The van der Waals surface area contributed by atoms with Gasteiger partial charge in [-0.15, -0.1) is 0 Å². The maximum atomic E-state index is 12.4. The molecular formula is C22H28ClN3O3. The van der Waals surface area contributed by atoms with Gasteiger partial charge >= 0.3 is 0 Å². The number of benzene rings is 2. The number of methoxy groups -OCH3 is 1. The van der Waals surface area contributed by atoms with Crippen LogP contribution < -0.4 is 20.7 Å². The van der Waals surface area contributed by atoms with E-state index in [1.165, 1.54) is 0 Å². The maximum Gasteiger partial charge on any atom is 0.253 e. The topological polar surface area (TPSA) is 79.5 Å². The fourth-order valence-corrected chi connectivity index (χ4v) is 2.73. The molecule has 0 saturated heterocycles. The van der Waals surface area contributed by atoms with E-state index in [4.69, 9.17) is 16.3 Å². The SMILES string of the molecule is CCC(C)(C)NC(=O)c1ccc(NCC(=O)NCc2ccc(OC)cc2)cc1Cl. The Balaban J connectivity index is 1.86. The number of halogens is 1. The minimum Gasteiger partial charge on any atom is -0.497 e. The van der Waals surface area contributed by atoms with E-state index in [1.54, 1.807) is 25.3 Å². The van der Waals surface area contributed by atoms with Crippen molar-refractivity contribution in [2.24, 2.45) is 0 Å². The molecule has 29 heavy (non-hydrogen) atoms. The van der Waals surface area contributed by atoms with Crippen LogP contribution in [0, 0.1) is 0 Å². The minimum atomic E-state index is -0.306. The lowest BCUT2D eigenvalue weighted by Crippen LogP contribution is -2.42. The number of carbonyl (C=O) groups excluding carboxylic acids is 2. The maximum absolute atomic E-state index is 12.4. The standard InChI is InChI=1S/C22H28ClN3O3/c1-5-22(2,3)26-21(28)18-11-8-16(12-19(18)23)24-14-20(27)25-13-15-6-9-17(29-4)10-7-15/h6-12,24H,5,13-14H2,1-4H3,(H,25,27)(H,26,28). The first-order valence-corrected chi connectivity index (χ1v) is 9.87. The quantitative estimate of drug-likeness (QED) is 0.576. The van der Waals surface area contributed by atoms with Gasteiger partial charge in [-0.05, 0) is 56.2 Å². The average molecular weight is 418 g/mol. The zero-order chi connectivity index (χ0) is 21.4. The number of rotatable bonds is 9. The second kappa shape index (κ2) is 10.2. The summed E-state index contributed by atoms with van der Waals surface area (Å²) in [5.74, 6) is 0.406. The summed E-state index contributed by atoms with van der Waals surface area (Å²) in [4.78, 5) is 24.5. The molecule has 156 valence electrons. The van der Waals surface area contributed by atoms with Crippen molar-refractivity contribution in [1.29, 1.82) is 0 Å². The van der Waals surface area contributed by atoms with Crippen molar-refractivity contribution in [2.75, 3.05) is 19.0 Å². The largest absolute Gasteiger partial charge is 0.497 e. The lowest BCUT2D eigenvalue weighted by molar-refractivity contribution is -0.119. The second-order valence-corrected chi connectivity index (χ2v) is 7.77. The number of carbonyl (C=O) groups is 2. The van der Waals surface area contributed by atoms with E-state index in [-0.39, 0.29) is 23.9 Å². The molecule has 0 aliphatic carbocycles. The molecule has 0 unspecified atom stereocenters. The molecular weight excluding hydrogens is 390 g/mol. The van der Waals surface area contributed by atoms with Gasteiger partial charge in [0.05, 0.1) is 24.2 Å². The Labute approximate surface area is 177 Å². The number of hydrogen-bond acceptors (Lipinski definition) is 4. The van der Waals surface area contributed by atoms with E-state index in [2.05, 4.69) is 16.0 Å². The molecule has 2 aromatic carbocycles. The molecule has 0 aliphatic rings. The van der Waals surface area contributed by atoms with Crippen molar-refractivity contribution in [1.82, 2.24) is 10.6 Å². The predicted molar refractivity (Wildman–Crippen MR) is 117 cm³/mol. The third kappa shape index (κ3) is 6.98. The van der Waals surface area contributed by atoms with Crippen LogP contribution in [0.3, 0.4) is 0 Å². The number of hydrogen-bond donors (Lipinski definition) is 3. The Morgan fingerprint density at radius 1 is 1.10 bits per heavy atom. The fourth-order valence-electron chi connectivity index (χ4n) is 2.46. The molecule has 0 spiro atoms. The number of ether oxygens (including phenoxy) is 1. The molecule has 7 heteroatoms. The van der Waals surface area contributed by atoms with Gasteiger partial charge in [-0.2, -0.15) is 0 Å². The van der Waals surface area contributed by atoms with Gasteiger partial charge in [0.25, 0.3) is 5.91 Å². The summed E-state index contributed by atoms with van der Waals surface area (Å²) in [6, 6.07) is 12.5. The summed E-state index contributed by atoms with van der Waals surface area (Å²) >= 11 is 6.27. The third-order valence-electron chi connectivity index (χ3n) is 4.65. The number of nitrogens with one attached hydrogen (secondary N) is 3. The van der Waals surface area contributed by atoms with Crippen LogP contribution >= 0.6 is 11.6 Å². The molecule has 2 amide bonds. The van der Waals surface area contributed by atoms with Crippen LogP contribution in [0.2, 0.25) is 5.02 Å². The highest BCUT2D eigenvalue weighted by molar-refractivity contribution is 6.34. The summed E-state index contributed by atoms with van der Waals surface area (Å²) in [5.41, 5.74) is 1.75. The first-order chi connectivity index (χ1) is 13.7. The molecule has 0 fully saturated rings. The highest BCUT2D eigenvalue weighted by Crippen LogP contribution is 2.22. The normalized spacial score (nSPS) is 10.9. The Morgan fingerprint density at radius 2 is 1.79 bits per heavy atom. The van der Waals surface area contributed by atoms with E-state index in [9.17, 15) is 9.59 Å². The van der Waals surface area contributed by atoms with Gasteiger partial charge < -0.3 is 20.7 Å². The molecule has 3 N–H and O–H groups in total. The van der Waals surface area contributed by atoms with Crippen LogP contribution in [-0.4, -0.2) is 31.0 Å². The van der Waals surface area contributed by atoms with Crippen molar-refractivity contribution < 1.29 is 14.3 Å². The molecule has 0 aromatic heterocycles. The molecule has 0 heterocycles. The van der Waals surface area contributed by atoms with E-state index < -0.39 is 0 Å². The van der Waals surface area contributed by atoms with Crippen molar-refractivity contribution >= 4 is 29.1 Å². The highest BCUT2D eigenvalue weighted by atomic mass is 35.5. The van der Waals surface area contributed by atoms with Crippen LogP contribution in [0.1, 0.15) is 43.1 Å². The summed E-state index contributed by atoms with van der Waals surface area (Å²) in [5, 5.41) is 9.15. The van der Waals surface area contributed by atoms with Crippen LogP contribution in [-0.2, 0) is 11.3 Å². The Morgan fingerprint density at radius 3 is 2.38 bits per heavy atom. The molecule has 6 nitrogen and oxygen atoms in total. The molecule has 2 aromatic rings. The first-order valence-electron chi connectivity index (χ1n) is 9.49. The van der Waals surface area contributed by atoms with Gasteiger partial charge in [-0.1, -0.05) is 30.7 Å². The molecule has 0 saturated carbocycles. The lowest BCUT2D eigenvalue weighted by atomic mass is 10.0. The summed E-state index contributed by atoms with van der Waals surface area (Å²) in [6.07, 6.45) is 0.807. The lowest BCUT2D eigenvalue weighted by Gasteiger charge is -2.24. The van der Waals surface area contributed by atoms with Crippen LogP contribution in [0.25, 0.3) is 0 Å². The molecule has 0 atom stereocenters. The summed E-state index contributed by atoms with van der Waals surface area (Å²) < 4.78 is 5.11. The van der Waals surface area contributed by atoms with E-state index in [0.717, 1.165) is 17.7 Å². The molecule has 2 rings (SSSR count). The Bertz CT molecular complexity index is 851. The third-order valence-corrected chi connectivity index (χ3v) is 4.96. The summed E-state index contributed by atoms with van der Waals surface area (Å²) in [7, 11) is 1.61. The van der Waals surface area contributed by atoms with Crippen LogP contribution in [0.5, 0.6) is 5.75 Å². The van der Waals surface area contributed by atoms with Gasteiger partial charge in [0, 0.05) is 17.8 Å². The number of amides is 2. The van der Waals surface area contributed by atoms with Gasteiger partial charge in [-0.25, -0.2) is 0 Å². The zero-order valence-corrected chi connectivity index (χ0v) is 18.0. The summed E-state index contributed by atoms with van der Waals surface area (Å²) in [6.45, 7) is 6.45. The van der Waals surface area contributed by atoms with Gasteiger partial charge in [0.2, 0.25) is 5.91 Å². The first kappa shape index (κ1) is 22.6. The van der Waals surface area contributed by atoms with E-state index >= 15 is 0 Å². The minimum absolute atomic E-state index is 0.0981. The zero-order valence-electron chi connectivity index (χ0n) is 17.3.